The van der Waals surface area contributed by atoms with Crippen LogP contribution in [0.15, 0.2) is 170 Å². The van der Waals surface area contributed by atoms with Crippen LogP contribution in [0.25, 0.3) is 88.9 Å². The molecule has 0 amide bonds. The van der Waals surface area contributed by atoms with E-state index in [9.17, 15) is 0 Å². The monoisotopic (exact) mass is 746 g/mol. The Balaban J connectivity index is 0.884. The van der Waals surface area contributed by atoms with Crippen LogP contribution in [-0.4, -0.2) is 11.0 Å². The molecule has 11 rings (SSSR count). The molecule has 0 saturated carbocycles. The van der Waals surface area contributed by atoms with Gasteiger partial charge in [-0.1, -0.05) is 152 Å². The molecule has 1 atom stereocenters. The molecule has 6 aromatic carbocycles. The molecule has 2 nitrogen and oxygen atoms in total. The number of hydrogen-bond acceptors (Lipinski definition) is 3. The number of benzene rings is 6. The maximum absolute atomic E-state index is 4.60. The number of nitrogens with one attached hydrogen (secondary N) is 1. The van der Waals surface area contributed by atoms with Crippen molar-refractivity contribution in [1.82, 2.24) is 10.3 Å². The highest BCUT2D eigenvalue weighted by atomic mass is 32.1. The van der Waals surface area contributed by atoms with Crippen molar-refractivity contribution < 1.29 is 0 Å². The summed E-state index contributed by atoms with van der Waals surface area (Å²) in [5.41, 5.74) is 15.2. The van der Waals surface area contributed by atoms with Gasteiger partial charge in [-0.2, -0.15) is 0 Å². The fraction of sp³-hybridized carbons (Fsp3) is 0.0556. The lowest BCUT2D eigenvalue weighted by atomic mass is 9.82. The van der Waals surface area contributed by atoms with E-state index >= 15 is 0 Å². The van der Waals surface area contributed by atoms with Crippen molar-refractivity contribution in [3.63, 3.8) is 0 Å². The van der Waals surface area contributed by atoms with Crippen LogP contribution in [0.1, 0.15) is 45.4 Å². The number of para-hydroxylation sites is 1. The van der Waals surface area contributed by atoms with Gasteiger partial charge in [0, 0.05) is 31.8 Å². The molecule has 1 aliphatic heterocycles. The second-order valence-electron chi connectivity index (χ2n) is 15.0. The smallest absolute Gasteiger partial charge is 0.0708 e. The van der Waals surface area contributed by atoms with Crippen LogP contribution in [0.4, 0.5) is 0 Å². The highest BCUT2D eigenvalue weighted by molar-refractivity contribution is 7.25. The number of nitrogens with zero attached hydrogens (tertiary/aromatic N) is 1. The summed E-state index contributed by atoms with van der Waals surface area (Å²) in [4.78, 5) is 4.60. The van der Waals surface area contributed by atoms with Crippen molar-refractivity contribution in [1.29, 1.82) is 0 Å². The van der Waals surface area contributed by atoms with Gasteiger partial charge >= 0.3 is 0 Å². The van der Waals surface area contributed by atoms with Gasteiger partial charge in [0.05, 0.1) is 11.6 Å². The van der Waals surface area contributed by atoms with Crippen molar-refractivity contribution in [3.05, 3.63) is 209 Å². The number of rotatable bonds is 6. The zero-order valence-electron chi connectivity index (χ0n) is 31.3. The van der Waals surface area contributed by atoms with Crippen LogP contribution < -0.4 is 5.32 Å². The number of aromatic nitrogens is 1. The third kappa shape index (κ3) is 5.99. The van der Waals surface area contributed by atoms with Gasteiger partial charge in [-0.3, -0.25) is 4.98 Å². The number of allylic oxidation sites excluding steroid dienone is 5. The predicted molar refractivity (Wildman–Crippen MR) is 247 cm³/mol. The SMILES string of the molecule is C1=CC2=C(c3ccc(/C=C/c4ccc5c(c4)sc4cc(/C=C/c6ccc(-c7ccnc8ccccc78)c7ccccc67)ccc45)c4c3CCC=C4)C=CNC2C=C1. The summed E-state index contributed by atoms with van der Waals surface area (Å²) in [7, 11) is 0. The highest BCUT2D eigenvalue weighted by Gasteiger charge is 2.22. The summed E-state index contributed by atoms with van der Waals surface area (Å²) in [5, 5.41) is 9.78. The van der Waals surface area contributed by atoms with Crippen molar-refractivity contribution in [2.75, 3.05) is 0 Å². The number of pyridine rings is 1. The van der Waals surface area contributed by atoms with Crippen LogP contribution in [0.5, 0.6) is 0 Å². The first kappa shape index (κ1) is 33.5. The lowest BCUT2D eigenvalue weighted by molar-refractivity contribution is 0.798. The standard InChI is InChI=1S/C54H38N2S/c1-3-11-41-39(9-1)37(23-27-43(41)45-29-31-55-51-15-7-5-13-47(45)51)21-17-35-19-25-49-50-26-20-36(34-54(50)57-53(49)33-35)18-22-38-24-28-44(42-12-4-2-10-40(38)42)46-30-32-56-52-16-8-6-14-48(46)52/h1-3,5-11,13-34,52,56H,4,12H2/b21-17+,22-18+. The molecule has 3 heteroatoms. The molecule has 1 N–H and O–H groups in total. The third-order valence-corrected chi connectivity index (χ3v) is 12.8. The van der Waals surface area contributed by atoms with Gasteiger partial charge in [0.25, 0.3) is 0 Å². The molecular formula is C54H38N2S. The molecule has 3 heterocycles. The Morgan fingerprint density at radius 1 is 0.596 bits per heavy atom. The second-order valence-corrected chi connectivity index (χ2v) is 16.1. The van der Waals surface area contributed by atoms with E-state index in [1.165, 1.54) is 97.5 Å². The van der Waals surface area contributed by atoms with Crippen LogP contribution in [-0.2, 0) is 6.42 Å². The summed E-state index contributed by atoms with van der Waals surface area (Å²) in [5.74, 6) is 0. The van der Waals surface area contributed by atoms with Gasteiger partial charge in [0.1, 0.15) is 0 Å². The van der Waals surface area contributed by atoms with Crippen molar-refractivity contribution in [2.45, 2.75) is 18.9 Å². The van der Waals surface area contributed by atoms with Gasteiger partial charge in [-0.05, 0) is 121 Å². The van der Waals surface area contributed by atoms with E-state index in [0.29, 0.717) is 0 Å². The Labute approximate surface area is 336 Å². The molecule has 270 valence electrons. The predicted octanol–water partition coefficient (Wildman–Crippen LogP) is 14.1. The molecule has 2 aliphatic carbocycles. The second kappa shape index (κ2) is 14.0. The van der Waals surface area contributed by atoms with E-state index in [1.807, 2.05) is 23.6 Å². The van der Waals surface area contributed by atoms with Crippen LogP contribution in [0.3, 0.4) is 0 Å². The van der Waals surface area contributed by atoms with Gasteiger partial charge in [0.2, 0.25) is 0 Å². The Morgan fingerprint density at radius 2 is 1.32 bits per heavy atom. The first-order valence-electron chi connectivity index (χ1n) is 19.8. The average Bonchev–Trinajstić information content (AvgIpc) is 3.64. The lowest BCUT2D eigenvalue weighted by Gasteiger charge is -2.27. The number of dihydropyridines is 1. The highest BCUT2D eigenvalue weighted by Crippen LogP contribution is 2.39. The fourth-order valence-electron chi connectivity index (χ4n) is 8.92. The fourth-order valence-corrected chi connectivity index (χ4v) is 10.1. The van der Waals surface area contributed by atoms with E-state index in [-0.39, 0.29) is 6.04 Å². The number of fused-ring (bicyclic) bond motifs is 7. The zero-order chi connectivity index (χ0) is 37.7. The molecule has 0 bridgehead atoms. The molecule has 2 aromatic heterocycles. The Bertz CT molecular complexity index is 3160. The summed E-state index contributed by atoms with van der Waals surface area (Å²) in [6.07, 6.45) is 30.9. The quantitative estimate of drug-likeness (QED) is 0.171. The van der Waals surface area contributed by atoms with Gasteiger partial charge in [0.15, 0.2) is 0 Å². The maximum atomic E-state index is 4.60. The topological polar surface area (TPSA) is 24.9 Å². The Morgan fingerprint density at radius 3 is 2.16 bits per heavy atom. The molecule has 1 unspecified atom stereocenters. The molecule has 0 saturated heterocycles. The van der Waals surface area contributed by atoms with Gasteiger partial charge in [-0.15, -0.1) is 11.3 Å². The molecule has 0 spiro atoms. The van der Waals surface area contributed by atoms with Crippen LogP contribution >= 0.6 is 11.3 Å². The molecule has 0 radical (unpaired) electrons. The summed E-state index contributed by atoms with van der Waals surface area (Å²) < 4.78 is 2.62. The van der Waals surface area contributed by atoms with Crippen molar-refractivity contribution in [2.24, 2.45) is 0 Å². The van der Waals surface area contributed by atoms with Gasteiger partial charge < -0.3 is 5.32 Å². The minimum atomic E-state index is 0.237. The van der Waals surface area contributed by atoms with E-state index in [2.05, 4.69) is 193 Å². The van der Waals surface area contributed by atoms with Crippen molar-refractivity contribution >= 4 is 89.1 Å². The lowest BCUT2D eigenvalue weighted by Crippen LogP contribution is -2.28. The maximum Gasteiger partial charge on any atom is 0.0708 e. The minimum Gasteiger partial charge on any atom is -0.381 e. The first-order valence-corrected chi connectivity index (χ1v) is 20.6. The van der Waals surface area contributed by atoms with Crippen LogP contribution in [0, 0.1) is 0 Å². The zero-order valence-corrected chi connectivity index (χ0v) is 32.1. The van der Waals surface area contributed by atoms with E-state index in [4.69, 9.17) is 0 Å². The third-order valence-electron chi connectivity index (χ3n) is 11.7. The molecule has 0 fully saturated rings. The molecular weight excluding hydrogens is 709 g/mol. The summed E-state index contributed by atoms with van der Waals surface area (Å²) >= 11 is 1.87. The minimum absolute atomic E-state index is 0.237. The first-order chi connectivity index (χ1) is 28.2. The average molecular weight is 747 g/mol. The summed E-state index contributed by atoms with van der Waals surface area (Å²) in [6.45, 7) is 0. The normalized spacial score (nSPS) is 16.1. The summed E-state index contributed by atoms with van der Waals surface area (Å²) in [6, 6.07) is 42.4. The molecule has 8 aromatic rings. The molecule has 57 heavy (non-hydrogen) atoms. The van der Waals surface area contributed by atoms with Crippen molar-refractivity contribution in [3.8, 4) is 11.1 Å². The van der Waals surface area contributed by atoms with E-state index in [1.54, 1.807) is 0 Å². The van der Waals surface area contributed by atoms with E-state index < -0.39 is 0 Å². The van der Waals surface area contributed by atoms with Crippen LogP contribution in [0.2, 0.25) is 0 Å². The number of thiophene rings is 1. The Hall–Kier alpha value is -6.81. The van der Waals surface area contributed by atoms with Gasteiger partial charge in [-0.25, -0.2) is 0 Å². The Kier molecular flexibility index (Phi) is 8.26. The van der Waals surface area contributed by atoms with E-state index in [0.717, 1.165) is 18.4 Å². The largest absolute Gasteiger partial charge is 0.381 e. The number of hydrogen-bond donors (Lipinski definition) is 1. The molecule has 3 aliphatic rings.